The summed E-state index contributed by atoms with van der Waals surface area (Å²) in [6, 6.07) is 19.3. The number of pyridine rings is 1. The summed E-state index contributed by atoms with van der Waals surface area (Å²) in [4.78, 5) is 4.32. The van der Waals surface area contributed by atoms with Gasteiger partial charge in [0.25, 0.3) is 0 Å². The molecule has 8 heteroatoms. The molecule has 2 atom stereocenters. The Morgan fingerprint density at radius 3 is 2.77 bits per heavy atom. The zero-order valence-electron chi connectivity index (χ0n) is 15.6. The highest BCUT2D eigenvalue weighted by Crippen LogP contribution is 2.50. The van der Waals surface area contributed by atoms with Gasteiger partial charge in [0.05, 0.1) is 5.70 Å². The van der Waals surface area contributed by atoms with E-state index in [4.69, 9.17) is 16.3 Å². The van der Waals surface area contributed by atoms with E-state index in [0.717, 1.165) is 33.7 Å². The number of ether oxygens (including phenoxy) is 1. The maximum Gasteiger partial charge on any atom is 0.248 e. The predicted octanol–water partition coefficient (Wildman–Crippen LogP) is 4.28. The summed E-state index contributed by atoms with van der Waals surface area (Å²) in [5.41, 5.74) is 4.84. The van der Waals surface area contributed by atoms with E-state index < -0.39 is 0 Å². The standard InChI is InChI=1S/C22H15ClN6O/c23-15-7-3-5-13(11-15)21-18-19(16-8-1-2-9-17(16)30-21)25-22-26-27-28-29(22)20(18)14-6-4-10-24-12-14/h1-12,20-21H,(H,25,26,28)/t20-,21-/m0/s1. The molecule has 0 aliphatic carbocycles. The van der Waals surface area contributed by atoms with Crippen LogP contribution >= 0.6 is 11.6 Å². The Kier molecular flexibility index (Phi) is 3.82. The average molecular weight is 415 g/mol. The van der Waals surface area contributed by atoms with Crippen molar-refractivity contribution in [1.82, 2.24) is 25.2 Å². The van der Waals surface area contributed by atoms with Crippen molar-refractivity contribution in [3.8, 4) is 5.75 Å². The summed E-state index contributed by atoms with van der Waals surface area (Å²) in [5, 5.41) is 16.4. The number of aromatic nitrogens is 5. The first-order chi connectivity index (χ1) is 14.8. The number of hydrogen-bond acceptors (Lipinski definition) is 6. The summed E-state index contributed by atoms with van der Waals surface area (Å²) in [6.45, 7) is 0. The van der Waals surface area contributed by atoms with Crippen LogP contribution < -0.4 is 10.1 Å². The van der Waals surface area contributed by atoms with Gasteiger partial charge in [-0.1, -0.05) is 47.0 Å². The van der Waals surface area contributed by atoms with Gasteiger partial charge in [0, 0.05) is 28.6 Å². The molecule has 2 aliphatic heterocycles. The molecule has 6 rings (SSSR count). The molecule has 0 amide bonds. The van der Waals surface area contributed by atoms with E-state index in [-0.39, 0.29) is 12.1 Å². The van der Waals surface area contributed by atoms with Crippen molar-refractivity contribution in [3.63, 3.8) is 0 Å². The van der Waals surface area contributed by atoms with E-state index in [9.17, 15) is 0 Å². The highest BCUT2D eigenvalue weighted by Gasteiger charge is 2.41. The molecular formula is C22H15ClN6O. The molecule has 4 heterocycles. The number of benzene rings is 2. The smallest absolute Gasteiger partial charge is 0.248 e. The minimum Gasteiger partial charge on any atom is -0.480 e. The van der Waals surface area contributed by atoms with Gasteiger partial charge in [-0.05, 0) is 51.9 Å². The van der Waals surface area contributed by atoms with Crippen LogP contribution in [0.2, 0.25) is 5.02 Å². The number of hydrogen-bond donors (Lipinski definition) is 1. The second-order valence-corrected chi connectivity index (χ2v) is 7.58. The number of fused-ring (bicyclic) bond motifs is 3. The Hall–Kier alpha value is -3.71. The number of anilines is 1. The van der Waals surface area contributed by atoms with Crippen molar-refractivity contribution in [3.05, 3.63) is 100 Å². The van der Waals surface area contributed by atoms with Gasteiger partial charge in [-0.2, -0.15) is 4.68 Å². The monoisotopic (exact) mass is 414 g/mol. The molecular weight excluding hydrogens is 400 g/mol. The third kappa shape index (κ3) is 2.59. The minimum atomic E-state index is -0.372. The van der Waals surface area contributed by atoms with Gasteiger partial charge in [-0.3, -0.25) is 4.98 Å². The van der Waals surface area contributed by atoms with Crippen LogP contribution in [0.4, 0.5) is 5.95 Å². The molecule has 0 fully saturated rings. The van der Waals surface area contributed by atoms with Gasteiger partial charge in [0.1, 0.15) is 17.9 Å². The normalized spacial score (nSPS) is 19.2. The van der Waals surface area contributed by atoms with Crippen LogP contribution in [0.15, 0.2) is 78.6 Å². The molecule has 0 bridgehead atoms. The Bertz CT molecular complexity index is 1290. The molecule has 146 valence electrons. The first kappa shape index (κ1) is 17.2. The molecule has 4 aromatic rings. The maximum atomic E-state index is 6.53. The highest BCUT2D eigenvalue weighted by molar-refractivity contribution is 6.30. The van der Waals surface area contributed by atoms with E-state index in [2.05, 4.69) is 25.8 Å². The van der Waals surface area contributed by atoms with E-state index in [1.165, 1.54) is 0 Å². The molecule has 1 N–H and O–H groups in total. The Morgan fingerprint density at radius 2 is 1.90 bits per heavy atom. The minimum absolute atomic E-state index is 0.280. The second-order valence-electron chi connectivity index (χ2n) is 7.14. The van der Waals surface area contributed by atoms with Gasteiger partial charge < -0.3 is 10.1 Å². The second kappa shape index (κ2) is 6.67. The summed E-state index contributed by atoms with van der Waals surface area (Å²) in [5.74, 6) is 1.36. The highest BCUT2D eigenvalue weighted by atomic mass is 35.5. The van der Waals surface area contributed by atoms with Crippen molar-refractivity contribution in [2.45, 2.75) is 12.1 Å². The summed E-state index contributed by atoms with van der Waals surface area (Å²) < 4.78 is 8.30. The van der Waals surface area contributed by atoms with Gasteiger partial charge in [-0.15, -0.1) is 0 Å². The average Bonchev–Trinajstić information content (AvgIpc) is 3.26. The predicted molar refractivity (Wildman–Crippen MR) is 112 cm³/mol. The third-order valence-corrected chi connectivity index (χ3v) is 5.63. The first-order valence-corrected chi connectivity index (χ1v) is 9.88. The largest absolute Gasteiger partial charge is 0.480 e. The van der Waals surface area contributed by atoms with Crippen molar-refractivity contribution in [2.24, 2.45) is 0 Å². The van der Waals surface area contributed by atoms with Crippen molar-refractivity contribution in [1.29, 1.82) is 0 Å². The lowest BCUT2D eigenvalue weighted by molar-refractivity contribution is 0.222. The third-order valence-electron chi connectivity index (χ3n) is 5.39. The molecule has 0 saturated carbocycles. The number of nitrogens with one attached hydrogen (secondary N) is 1. The lowest BCUT2D eigenvalue weighted by Gasteiger charge is -2.38. The Labute approximate surface area is 177 Å². The molecule has 30 heavy (non-hydrogen) atoms. The van der Waals surface area contributed by atoms with Gasteiger partial charge in [-0.25, -0.2) is 0 Å². The SMILES string of the molecule is Clc1cccc([C@@H]2Oc3ccccc3C3=C2[C@H](c2cccnc2)n2nnnc2N3)c1. The van der Waals surface area contributed by atoms with Crippen LogP contribution in [0.1, 0.15) is 28.8 Å². The number of halogens is 1. The first-order valence-electron chi connectivity index (χ1n) is 9.50. The van der Waals surface area contributed by atoms with Crippen LogP contribution in [0.5, 0.6) is 5.75 Å². The number of nitrogens with zero attached hydrogens (tertiary/aromatic N) is 5. The van der Waals surface area contributed by atoms with Gasteiger partial charge >= 0.3 is 0 Å². The van der Waals surface area contributed by atoms with E-state index >= 15 is 0 Å². The van der Waals surface area contributed by atoms with Crippen molar-refractivity contribution < 1.29 is 4.74 Å². The fourth-order valence-electron chi connectivity index (χ4n) is 4.14. The fraction of sp³-hybridized carbons (Fsp3) is 0.0909. The summed E-state index contributed by atoms with van der Waals surface area (Å²) >= 11 is 6.32. The molecule has 7 nitrogen and oxygen atoms in total. The lowest BCUT2D eigenvalue weighted by atomic mass is 9.85. The van der Waals surface area contributed by atoms with Crippen LogP contribution in [0.3, 0.4) is 0 Å². The molecule has 2 aromatic heterocycles. The quantitative estimate of drug-likeness (QED) is 0.527. The number of rotatable bonds is 2. The lowest BCUT2D eigenvalue weighted by Crippen LogP contribution is -2.32. The molecule has 0 radical (unpaired) electrons. The maximum absolute atomic E-state index is 6.53. The Morgan fingerprint density at radius 1 is 1.00 bits per heavy atom. The molecule has 2 aliphatic rings. The summed E-state index contributed by atoms with van der Waals surface area (Å²) in [6.07, 6.45) is 3.21. The van der Waals surface area contributed by atoms with Crippen LogP contribution in [0.25, 0.3) is 5.70 Å². The zero-order valence-corrected chi connectivity index (χ0v) is 16.4. The van der Waals surface area contributed by atoms with Crippen molar-refractivity contribution >= 4 is 23.2 Å². The van der Waals surface area contributed by atoms with Crippen LogP contribution in [0, 0.1) is 0 Å². The van der Waals surface area contributed by atoms with E-state index in [0.29, 0.717) is 11.0 Å². The molecule has 0 unspecified atom stereocenters. The van der Waals surface area contributed by atoms with Gasteiger partial charge in [0.15, 0.2) is 0 Å². The molecule has 0 spiro atoms. The molecule has 2 aromatic carbocycles. The number of para-hydroxylation sites is 1. The van der Waals surface area contributed by atoms with Crippen LogP contribution in [-0.2, 0) is 0 Å². The van der Waals surface area contributed by atoms with E-state index in [1.807, 2.05) is 66.9 Å². The summed E-state index contributed by atoms with van der Waals surface area (Å²) in [7, 11) is 0. The van der Waals surface area contributed by atoms with Gasteiger partial charge in [0.2, 0.25) is 5.95 Å². The van der Waals surface area contributed by atoms with E-state index in [1.54, 1.807) is 10.9 Å². The molecule has 0 saturated heterocycles. The zero-order chi connectivity index (χ0) is 20.1. The fourth-order valence-corrected chi connectivity index (χ4v) is 4.34. The van der Waals surface area contributed by atoms with Crippen LogP contribution in [-0.4, -0.2) is 25.2 Å². The van der Waals surface area contributed by atoms with Crippen molar-refractivity contribution in [2.75, 3.05) is 5.32 Å². The topological polar surface area (TPSA) is 77.8 Å². The Balaban J connectivity index is 1.64. The number of tetrazole rings is 1.